The van der Waals surface area contributed by atoms with Gasteiger partial charge in [-0.15, -0.1) is 0 Å². The summed E-state index contributed by atoms with van der Waals surface area (Å²) in [6.07, 6.45) is 0. The Hall–Kier alpha value is -1.17. The number of aryl methyl sites for hydroxylation is 2. The number of nitrogens with one attached hydrogen (secondary N) is 1. The quantitative estimate of drug-likeness (QED) is 0.741. The highest BCUT2D eigenvalue weighted by atomic mass is 79.9. The molecule has 0 aliphatic heterocycles. The lowest BCUT2D eigenvalue weighted by Crippen LogP contribution is -2.07. The zero-order valence-corrected chi connectivity index (χ0v) is 8.71. The minimum atomic E-state index is -0.126. The van der Waals surface area contributed by atoms with Crippen LogP contribution in [0.3, 0.4) is 0 Å². The van der Waals surface area contributed by atoms with Gasteiger partial charge < -0.3 is 0 Å². The number of hydrogen-bond acceptors (Lipinski definition) is 3. The number of H-pyrrole nitrogens is 1. The lowest BCUT2D eigenvalue weighted by atomic mass is 10.3. The molecule has 2 aromatic heterocycles. The SMILES string of the molecule is Cc1nn(C)c2[nH]nc(Br)c(=O)c12. The molecule has 0 amide bonds. The van der Waals surface area contributed by atoms with E-state index < -0.39 is 0 Å². The van der Waals surface area contributed by atoms with Crippen molar-refractivity contribution < 1.29 is 0 Å². The Bertz CT molecular complexity index is 527. The molecule has 0 aromatic carbocycles. The fourth-order valence-electron chi connectivity index (χ4n) is 1.31. The molecular formula is C7H7BrN4O. The monoisotopic (exact) mass is 242 g/mol. The molecule has 2 rings (SSSR count). The Kier molecular flexibility index (Phi) is 1.73. The second-order valence-corrected chi connectivity index (χ2v) is 3.53. The summed E-state index contributed by atoms with van der Waals surface area (Å²) in [5.41, 5.74) is 1.23. The number of nitrogens with zero attached hydrogens (tertiary/aromatic N) is 3. The van der Waals surface area contributed by atoms with E-state index in [0.29, 0.717) is 16.7 Å². The summed E-state index contributed by atoms with van der Waals surface area (Å²) in [7, 11) is 1.76. The van der Waals surface area contributed by atoms with E-state index >= 15 is 0 Å². The molecule has 6 heteroatoms. The Labute approximate surface area is 81.9 Å². The van der Waals surface area contributed by atoms with E-state index in [-0.39, 0.29) is 10.0 Å². The van der Waals surface area contributed by atoms with Gasteiger partial charge in [-0.05, 0) is 22.9 Å². The molecule has 0 spiro atoms. The van der Waals surface area contributed by atoms with Gasteiger partial charge in [-0.3, -0.25) is 14.6 Å². The van der Waals surface area contributed by atoms with Crippen molar-refractivity contribution in [2.24, 2.45) is 7.05 Å². The molecule has 0 aliphatic rings. The van der Waals surface area contributed by atoms with Crippen molar-refractivity contribution in [2.75, 3.05) is 0 Å². The van der Waals surface area contributed by atoms with Crippen molar-refractivity contribution >= 4 is 27.0 Å². The third kappa shape index (κ3) is 1.09. The minimum absolute atomic E-state index is 0.126. The van der Waals surface area contributed by atoms with Crippen LogP contribution in [0.2, 0.25) is 0 Å². The second kappa shape index (κ2) is 2.66. The standard InChI is InChI=1S/C7H7BrN4O/c1-3-4-5(13)6(8)9-10-7(4)12(2)11-3/h1-2H3,(H,10,13). The Morgan fingerprint density at radius 2 is 2.23 bits per heavy atom. The Morgan fingerprint density at radius 1 is 1.54 bits per heavy atom. The molecule has 0 atom stereocenters. The maximum atomic E-state index is 11.6. The lowest BCUT2D eigenvalue weighted by Gasteiger charge is -1.92. The maximum Gasteiger partial charge on any atom is 0.225 e. The summed E-state index contributed by atoms with van der Waals surface area (Å²) in [5, 5.41) is 11.3. The van der Waals surface area contributed by atoms with Gasteiger partial charge in [0.15, 0.2) is 10.3 Å². The largest absolute Gasteiger partial charge is 0.286 e. The van der Waals surface area contributed by atoms with Gasteiger partial charge in [-0.2, -0.15) is 10.2 Å². The van der Waals surface area contributed by atoms with E-state index in [4.69, 9.17) is 0 Å². The molecule has 0 aliphatic carbocycles. The molecule has 0 saturated carbocycles. The zero-order chi connectivity index (χ0) is 9.59. The smallest absolute Gasteiger partial charge is 0.225 e. The van der Waals surface area contributed by atoms with E-state index in [1.54, 1.807) is 18.7 Å². The summed E-state index contributed by atoms with van der Waals surface area (Å²) in [6, 6.07) is 0. The third-order valence-corrected chi connectivity index (χ3v) is 2.43. The predicted molar refractivity (Wildman–Crippen MR) is 51.6 cm³/mol. The van der Waals surface area contributed by atoms with Crippen LogP contribution >= 0.6 is 15.9 Å². The topological polar surface area (TPSA) is 63.6 Å². The number of hydrogen-bond donors (Lipinski definition) is 1. The number of rotatable bonds is 0. The van der Waals surface area contributed by atoms with E-state index in [1.807, 2.05) is 0 Å². The Morgan fingerprint density at radius 3 is 2.92 bits per heavy atom. The van der Waals surface area contributed by atoms with Gasteiger partial charge in [0.25, 0.3) is 0 Å². The van der Waals surface area contributed by atoms with Crippen LogP contribution in [-0.2, 0) is 7.05 Å². The fraction of sp³-hybridized carbons (Fsp3) is 0.286. The highest BCUT2D eigenvalue weighted by molar-refractivity contribution is 9.10. The van der Waals surface area contributed by atoms with Gasteiger partial charge in [-0.1, -0.05) is 0 Å². The van der Waals surface area contributed by atoms with Gasteiger partial charge in [0.1, 0.15) is 0 Å². The molecule has 0 saturated heterocycles. The minimum Gasteiger partial charge on any atom is -0.286 e. The van der Waals surface area contributed by atoms with E-state index in [2.05, 4.69) is 31.2 Å². The molecule has 2 aromatic rings. The summed E-state index contributed by atoms with van der Waals surface area (Å²) < 4.78 is 1.89. The van der Waals surface area contributed by atoms with Crippen LogP contribution in [0.4, 0.5) is 0 Å². The van der Waals surface area contributed by atoms with E-state index in [0.717, 1.165) is 0 Å². The zero-order valence-electron chi connectivity index (χ0n) is 7.13. The molecule has 0 bridgehead atoms. The molecule has 2 heterocycles. The van der Waals surface area contributed by atoms with Crippen molar-refractivity contribution in [3.8, 4) is 0 Å². The van der Waals surface area contributed by atoms with Gasteiger partial charge in [0.05, 0.1) is 11.1 Å². The van der Waals surface area contributed by atoms with Crippen LogP contribution in [-0.4, -0.2) is 20.0 Å². The van der Waals surface area contributed by atoms with E-state index in [1.165, 1.54) is 0 Å². The third-order valence-electron chi connectivity index (χ3n) is 1.90. The number of aromatic nitrogens is 4. The molecule has 0 fully saturated rings. The van der Waals surface area contributed by atoms with Crippen LogP contribution in [0.25, 0.3) is 11.0 Å². The summed E-state index contributed by atoms with van der Waals surface area (Å²) >= 11 is 3.07. The van der Waals surface area contributed by atoms with E-state index in [9.17, 15) is 4.79 Å². The number of aromatic amines is 1. The van der Waals surface area contributed by atoms with Gasteiger partial charge >= 0.3 is 0 Å². The first-order valence-electron chi connectivity index (χ1n) is 3.68. The van der Waals surface area contributed by atoms with Crippen molar-refractivity contribution in [1.82, 2.24) is 20.0 Å². The first-order chi connectivity index (χ1) is 6.11. The molecule has 68 valence electrons. The number of halogens is 1. The molecule has 0 radical (unpaired) electrons. The van der Waals surface area contributed by atoms with Crippen LogP contribution in [0.15, 0.2) is 9.40 Å². The van der Waals surface area contributed by atoms with Crippen molar-refractivity contribution in [3.05, 3.63) is 20.5 Å². The van der Waals surface area contributed by atoms with Gasteiger partial charge in [0.2, 0.25) is 5.43 Å². The highest BCUT2D eigenvalue weighted by Gasteiger charge is 2.11. The van der Waals surface area contributed by atoms with Crippen LogP contribution in [0, 0.1) is 6.92 Å². The summed E-state index contributed by atoms with van der Waals surface area (Å²) in [4.78, 5) is 11.6. The lowest BCUT2D eigenvalue weighted by molar-refractivity contribution is 0.765. The van der Waals surface area contributed by atoms with Crippen molar-refractivity contribution in [3.63, 3.8) is 0 Å². The molecule has 1 N–H and O–H groups in total. The fourth-order valence-corrected chi connectivity index (χ4v) is 1.60. The van der Waals surface area contributed by atoms with Crippen molar-refractivity contribution in [1.29, 1.82) is 0 Å². The first-order valence-corrected chi connectivity index (χ1v) is 4.48. The van der Waals surface area contributed by atoms with Gasteiger partial charge in [-0.25, -0.2) is 0 Å². The average molecular weight is 243 g/mol. The van der Waals surface area contributed by atoms with Crippen LogP contribution < -0.4 is 5.43 Å². The first kappa shape index (κ1) is 8.43. The molecule has 5 nitrogen and oxygen atoms in total. The average Bonchev–Trinajstić information content (AvgIpc) is 2.35. The molecule has 0 unspecified atom stereocenters. The highest BCUT2D eigenvalue weighted by Crippen LogP contribution is 2.11. The summed E-state index contributed by atoms with van der Waals surface area (Å²) in [5.74, 6) is 0. The molecular weight excluding hydrogens is 236 g/mol. The second-order valence-electron chi connectivity index (χ2n) is 2.78. The Balaban J connectivity index is 3.08. The summed E-state index contributed by atoms with van der Waals surface area (Å²) in [6.45, 7) is 1.80. The van der Waals surface area contributed by atoms with Gasteiger partial charge in [0, 0.05) is 7.05 Å². The number of fused-ring (bicyclic) bond motifs is 1. The van der Waals surface area contributed by atoms with Crippen LogP contribution in [0.1, 0.15) is 5.69 Å². The normalized spacial score (nSPS) is 11.0. The predicted octanol–water partition coefficient (Wildman–Crippen LogP) is 0.728. The maximum absolute atomic E-state index is 11.6. The van der Waals surface area contributed by atoms with Crippen molar-refractivity contribution in [2.45, 2.75) is 6.92 Å². The van der Waals surface area contributed by atoms with Crippen LogP contribution in [0.5, 0.6) is 0 Å². The molecule has 13 heavy (non-hydrogen) atoms.